The number of morpholine rings is 1. The Labute approximate surface area is 181 Å². The smallest absolute Gasteiger partial charge is 0.255 e. The Hall–Kier alpha value is -2.96. The molecule has 0 bridgehead atoms. The van der Waals surface area contributed by atoms with Crippen molar-refractivity contribution in [2.75, 3.05) is 32.8 Å². The van der Waals surface area contributed by atoms with E-state index in [1.807, 2.05) is 30.3 Å². The standard InChI is InChI=1S/C25H28N2O4/c1-17-21(28)19-10-7-11-20(23(19)31-22(17)18-8-5-4-6-9-18)24(29)26-16-25(2,3)27-12-14-30-15-13-27/h4-11H,12-16H2,1-3H3,(H,26,29). The second kappa shape index (κ2) is 8.65. The summed E-state index contributed by atoms with van der Waals surface area (Å²) < 4.78 is 11.6. The van der Waals surface area contributed by atoms with E-state index < -0.39 is 0 Å². The van der Waals surface area contributed by atoms with E-state index in [0.717, 1.165) is 18.7 Å². The third-order valence-electron chi connectivity index (χ3n) is 5.97. The maximum absolute atomic E-state index is 13.1. The van der Waals surface area contributed by atoms with Crippen molar-refractivity contribution in [1.29, 1.82) is 0 Å². The summed E-state index contributed by atoms with van der Waals surface area (Å²) >= 11 is 0. The maximum atomic E-state index is 13.1. The molecule has 31 heavy (non-hydrogen) atoms. The highest BCUT2D eigenvalue weighted by Crippen LogP contribution is 2.27. The normalized spacial score (nSPS) is 15.2. The van der Waals surface area contributed by atoms with E-state index in [2.05, 4.69) is 24.1 Å². The Morgan fingerprint density at radius 3 is 2.48 bits per heavy atom. The van der Waals surface area contributed by atoms with E-state index in [0.29, 0.717) is 47.6 Å². The van der Waals surface area contributed by atoms with Crippen LogP contribution in [-0.4, -0.2) is 49.2 Å². The fourth-order valence-corrected chi connectivity index (χ4v) is 4.03. The molecule has 2 heterocycles. The van der Waals surface area contributed by atoms with Crippen LogP contribution >= 0.6 is 0 Å². The summed E-state index contributed by atoms with van der Waals surface area (Å²) in [7, 11) is 0. The molecular weight excluding hydrogens is 392 g/mol. The minimum absolute atomic E-state index is 0.122. The van der Waals surface area contributed by atoms with Crippen LogP contribution in [0.25, 0.3) is 22.3 Å². The predicted octanol–water partition coefficient (Wildman–Crippen LogP) is 3.61. The first-order chi connectivity index (χ1) is 14.9. The highest BCUT2D eigenvalue weighted by atomic mass is 16.5. The third kappa shape index (κ3) is 4.27. The van der Waals surface area contributed by atoms with Crippen molar-refractivity contribution >= 4 is 16.9 Å². The zero-order valence-electron chi connectivity index (χ0n) is 18.2. The zero-order chi connectivity index (χ0) is 22.0. The average Bonchev–Trinajstić information content (AvgIpc) is 2.80. The van der Waals surface area contributed by atoms with Gasteiger partial charge in [-0.1, -0.05) is 36.4 Å². The Morgan fingerprint density at radius 2 is 1.77 bits per heavy atom. The van der Waals surface area contributed by atoms with Crippen LogP contribution in [0.1, 0.15) is 29.8 Å². The minimum atomic E-state index is -0.252. The maximum Gasteiger partial charge on any atom is 0.255 e. The Kier molecular flexibility index (Phi) is 5.94. The van der Waals surface area contributed by atoms with Crippen LogP contribution in [0, 0.1) is 6.92 Å². The number of para-hydroxylation sites is 1. The molecule has 1 aliphatic heterocycles. The SMILES string of the molecule is Cc1c(-c2ccccc2)oc2c(C(=O)NCC(C)(C)N3CCOCC3)cccc2c1=O. The van der Waals surface area contributed by atoms with Gasteiger partial charge in [0.2, 0.25) is 0 Å². The van der Waals surface area contributed by atoms with Gasteiger partial charge >= 0.3 is 0 Å². The highest BCUT2D eigenvalue weighted by molar-refractivity contribution is 6.05. The molecule has 1 aromatic heterocycles. The molecule has 6 heteroatoms. The third-order valence-corrected chi connectivity index (χ3v) is 5.97. The van der Waals surface area contributed by atoms with Crippen molar-refractivity contribution in [3.05, 3.63) is 69.9 Å². The van der Waals surface area contributed by atoms with Crippen LogP contribution in [0.2, 0.25) is 0 Å². The first-order valence-electron chi connectivity index (χ1n) is 10.6. The molecule has 0 radical (unpaired) electrons. The van der Waals surface area contributed by atoms with Gasteiger partial charge in [-0.25, -0.2) is 0 Å². The fourth-order valence-electron chi connectivity index (χ4n) is 4.03. The molecule has 1 aliphatic rings. The number of hydrogen-bond donors (Lipinski definition) is 1. The monoisotopic (exact) mass is 420 g/mol. The quantitative estimate of drug-likeness (QED) is 0.683. The van der Waals surface area contributed by atoms with Crippen LogP contribution < -0.4 is 10.7 Å². The van der Waals surface area contributed by atoms with Gasteiger partial charge in [0.25, 0.3) is 5.91 Å². The van der Waals surface area contributed by atoms with Crippen LogP contribution in [0.3, 0.4) is 0 Å². The first-order valence-corrected chi connectivity index (χ1v) is 10.6. The number of carbonyl (C=O) groups is 1. The molecule has 1 amide bonds. The summed E-state index contributed by atoms with van der Waals surface area (Å²) in [6.45, 7) is 9.53. The number of rotatable bonds is 5. The highest BCUT2D eigenvalue weighted by Gasteiger charge is 2.29. The van der Waals surface area contributed by atoms with E-state index in [1.165, 1.54) is 0 Å². The van der Waals surface area contributed by atoms with Crippen LogP contribution in [0.5, 0.6) is 0 Å². The van der Waals surface area contributed by atoms with Gasteiger partial charge in [-0.15, -0.1) is 0 Å². The Morgan fingerprint density at radius 1 is 1.06 bits per heavy atom. The predicted molar refractivity (Wildman–Crippen MR) is 121 cm³/mol. The van der Waals surface area contributed by atoms with Crippen molar-refractivity contribution in [2.24, 2.45) is 0 Å². The van der Waals surface area contributed by atoms with Crippen molar-refractivity contribution in [3.63, 3.8) is 0 Å². The largest absolute Gasteiger partial charge is 0.455 e. The lowest BCUT2D eigenvalue weighted by Crippen LogP contribution is -2.55. The molecule has 3 aromatic rings. The average molecular weight is 421 g/mol. The van der Waals surface area contributed by atoms with E-state index >= 15 is 0 Å². The summed E-state index contributed by atoms with van der Waals surface area (Å²) in [5.41, 5.74) is 1.69. The molecule has 0 unspecified atom stereocenters. The molecule has 1 fully saturated rings. The van der Waals surface area contributed by atoms with Crippen LogP contribution in [-0.2, 0) is 4.74 Å². The molecule has 0 aliphatic carbocycles. The second-order valence-corrected chi connectivity index (χ2v) is 8.53. The van der Waals surface area contributed by atoms with Gasteiger partial charge in [0.05, 0.1) is 24.2 Å². The van der Waals surface area contributed by atoms with Gasteiger partial charge < -0.3 is 14.5 Å². The molecule has 0 spiro atoms. The molecule has 1 saturated heterocycles. The van der Waals surface area contributed by atoms with Gasteiger partial charge in [-0.05, 0) is 32.9 Å². The summed E-state index contributed by atoms with van der Waals surface area (Å²) in [6, 6.07) is 14.6. The molecule has 162 valence electrons. The lowest BCUT2D eigenvalue weighted by atomic mass is 10.0. The molecule has 4 rings (SSSR count). The number of nitrogens with zero attached hydrogens (tertiary/aromatic N) is 1. The number of amides is 1. The lowest BCUT2D eigenvalue weighted by Gasteiger charge is -2.40. The zero-order valence-corrected chi connectivity index (χ0v) is 18.2. The first kappa shape index (κ1) is 21.3. The Bertz CT molecular complexity index is 1150. The van der Waals surface area contributed by atoms with Crippen molar-refractivity contribution in [3.8, 4) is 11.3 Å². The molecule has 0 atom stereocenters. The molecular formula is C25H28N2O4. The molecule has 2 aromatic carbocycles. The van der Waals surface area contributed by atoms with Crippen LogP contribution in [0.15, 0.2) is 57.7 Å². The van der Waals surface area contributed by atoms with E-state index in [1.54, 1.807) is 25.1 Å². The van der Waals surface area contributed by atoms with Crippen molar-refractivity contribution in [1.82, 2.24) is 10.2 Å². The number of fused-ring (bicyclic) bond motifs is 1. The van der Waals surface area contributed by atoms with Crippen molar-refractivity contribution in [2.45, 2.75) is 26.3 Å². The minimum Gasteiger partial charge on any atom is -0.455 e. The second-order valence-electron chi connectivity index (χ2n) is 8.53. The van der Waals surface area contributed by atoms with Crippen molar-refractivity contribution < 1.29 is 13.9 Å². The number of hydrogen-bond acceptors (Lipinski definition) is 5. The van der Waals surface area contributed by atoms with Gasteiger partial charge in [-0.2, -0.15) is 0 Å². The molecule has 0 saturated carbocycles. The van der Waals surface area contributed by atoms with Gasteiger partial charge in [-0.3, -0.25) is 14.5 Å². The summed E-state index contributed by atoms with van der Waals surface area (Å²) in [5.74, 6) is 0.241. The van der Waals surface area contributed by atoms with Gasteiger partial charge in [0.1, 0.15) is 5.76 Å². The van der Waals surface area contributed by atoms with Gasteiger partial charge in [0, 0.05) is 36.3 Å². The van der Waals surface area contributed by atoms with Crippen LogP contribution in [0.4, 0.5) is 0 Å². The Balaban J connectivity index is 1.66. The summed E-state index contributed by atoms with van der Waals surface area (Å²) in [6.07, 6.45) is 0. The molecule has 1 N–H and O–H groups in total. The van der Waals surface area contributed by atoms with E-state index in [4.69, 9.17) is 9.15 Å². The van der Waals surface area contributed by atoms with E-state index in [9.17, 15) is 9.59 Å². The fraction of sp³-hybridized carbons (Fsp3) is 0.360. The number of nitrogens with one attached hydrogen (secondary N) is 1. The lowest BCUT2D eigenvalue weighted by molar-refractivity contribution is -0.00923. The van der Waals surface area contributed by atoms with E-state index in [-0.39, 0.29) is 16.9 Å². The summed E-state index contributed by atoms with van der Waals surface area (Å²) in [5, 5.41) is 3.45. The number of benzene rings is 2. The van der Waals surface area contributed by atoms with Gasteiger partial charge in [0.15, 0.2) is 11.0 Å². The number of carbonyl (C=O) groups excluding carboxylic acids is 1. The topological polar surface area (TPSA) is 71.8 Å². The summed E-state index contributed by atoms with van der Waals surface area (Å²) in [4.78, 5) is 28.4. The number of ether oxygens (including phenoxy) is 1. The molecule has 6 nitrogen and oxygen atoms in total.